The van der Waals surface area contributed by atoms with Crippen molar-refractivity contribution in [3.8, 4) is 5.75 Å². The van der Waals surface area contributed by atoms with Gasteiger partial charge in [0.2, 0.25) is 0 Å². The van der Waals surface area contributed by atoms with E-state index in [9.17, 15) is 28.2 Å². The van der Waals surface area contributed by atoms with E-state index in [1.54, 1.807) is 24.3 Å². The lowest BCUT2D eigenvalue weighted by Gasteiger charge is -2.20. The number of nitrogens with one attached hydrogen (secondary N) is 1. The average molecular weight is 420 g/mol. The summed E-state index contributed by atoms with van der Waals surface area (Å²) in [6.45, 7) is -0.344. The molecule has 2 unspecified atom stereocenters. The number of aliphatic hydroxyl groups excluding tert-OH is 2. The van der Waals surface area contributed by atoms with Crippen LogP contribution in [0.25, 0.3) is 0 Å². The number of halogens is 4. The summed E-state index contributed by atoms with van der Waals surface area (Å²) in [6.07, 6.45) is -8.72. The number of hydrogen-bond donors (Lipinski definition) is 3. The van der Waals surface area contributed by atoms with E-state index in [4.69, 9.17) is 16.3 Å². The number of ether oxygens (including phenoxy) is 2. The normalized spacial score (nSPS) is 13.5. The van der Waals surface area contributed by atoms with Crippen molar-refractivity contribution in [3.05, 3.63) is 64.7 Å². The van der Waals surface area contributed by atoms with Gasteiger partial charge in [0.15, 0.2) is 0 Å². The first-order chi connectivity index (χ1) is 13.2. The van der Waals surface area contributed by atoms with Gasteiger partial charge in [-0.25, -0.2) is 4.79 Å². The molecule has 6 nitrogen and oxygen atoms in total. The Morgan fingerprint density at radius 3 is 2.43 bits per heavy atom. The minimum Gasteiger partial charge on any atom is -0.445 e. The topological polar surface area (TPSA) is 88.0 Å². The van der Waals surface area contributed by atoms with Gasteiger partial charge < -0.3 is 25.0 Å². The van der Waals surface area contributed by atoms with Crippen LogP contribution in [0, 0.1) is 0 Å². The predicted molar refractivity (Wildman–Crippen MR) is 93.7 cm³/mol. The quantitative estimate of drug-likeness (QED) is 0.638. The predicted octanol–water partition coefficient (Wildman–Crippen LogP) is 3.56. The minimum absolute atomic E-state index is 0.0249. The number of carbonyl (C=O) groups excluding carboxylic acids is 1. The van der Waals surface area contributed by atoms with E-state index in [0.717, 1.165) is 23.8 Å². The van der Waals surface area contributed by atoms with Crippen LogP contribution in [0.1, 0.15) is 17.2 Å². The van der Waals surface area contributed by atoms with Gasteiger partial charge in [0.25, 0.3) is 0 Å². The van der Waals surface area contributed by atoms with Gasteiger partial charge in [-0.05, 0) is 17.7 Å². The van der Waals surface area contributed by atoms with Crippen LogP contribution < -0.4 is 10.1 Å². The Kier molecular flexibility index (Phi) is 7.50. The number of hydrogen-bond acceptors (Lipinski definition) is 5. The first-order valence-corrected chi connectivity index (χ1v) is 8.39. The molecule has 28 heavy (non-hydrogen) atoms. The van der Waals surface area contributed by atoms with E-state index in [1.165, 1.54) is 0 Å². The van der Waals surface area contributed by atoms with Gasteiger partial charge in [0.1, 0.15) is 24.6 Å². The number of alkyl carbamates (subject to hydrolysis) is 1. The molecule has 2 aromatic carbocycles. The fraction of sp³-hybridized carbons (Fsp3) is 0.278. The van der Waals surface area contributed by atoms with Crippen molar-refractivity contribution in [2.45, 2.75) is 25.2 Å². The molecule has 0 saturated heterocycles. The van der Waals surface area contributed by atoms with Gasteiger partial charge >= 0.3 is 12.5 Å². The molecule has 2 rings (SSSR count). The second kappa shape index (κ2) is 9.63. The Hall–Kier alpha value is -2.49. The minimum atomic E-state index is -4.88. The summed E-state index contributed by atoms with van der Waals surface area (Å²) in [7, 11) is 0. The largest absolute Gasteiger partial charge is 0.573 e. The van der Waals surface area contributed by atoms with Crippen molar-refractivity contribution >= 4 is 17.7 Å². The number of alkyl halides is 3. The molecular formula is C18H17ClF3NO5. The Balaban J connectivity index is 1.86. The van der Waals surface area contributed by atoms with Gasteiger partial charge in [-0.15, -0.1) is 13.2 Å². The molecule has 0 aliphatic carbocycles. The van der Waals surface area contributed by atoms with Gasteiger partial charge in [-0.1, -0.05) is 48.0 Å². The maximum atomic E-state index is 12.2. The fourth-order valence-electron chi connectivity index (χ4n) is 2.23. The highest BCUT2D eigenvalue weighted by atomic mass is 35.5. The second-order valence-electron chi connectivity index (χ2n) is 5.69. The zero-order valence-corrected chi connectivity index (χ0v) is 15.1. The summed E-state index contributed by atoms with van der Waals surface area (Å²) < 4.78 is 45.3. The number of amides is 1. The lowest BCUT2D eigenvalue weighted by Crippen LogP contribution is -2.35. The molecule has 0 radical (unpaired) electrons. The van der Waals surface area contributed by atoms with Crippen LogP contribution in [0.4, 0.5) is 18.0 Å². The molecule has 0 bridgehead atoms. The third kappa shape index (κ3) is 6.91. The van der Waals surface area contributed by atoms with Crippen molar-refractivity contribution in [3.63, 3.8) is 0 Å². The summed E-state index contributed by atoms with van der Waals surface area (Å²) >= 11 is 5.85. The maximum absolute atomic E-state index is 12.2. The second-order valence-corrected chi connectivity index (χ2v) is 6.09. The van der Waals surface area contributed by atoms with E-state index in [2.05, 4.69) is 10.1 Å². The summed E-state index contributed by atoms with van der Waals surface area (Å²) in [5.41, 5.74) is 0.745. The molecule has 2 aromatic rings. The van der Waals surface area contributed by atoms with Crippen molar-refractivity contribution in [2.75, 3.05) is 6.54 Å². The lowest BCUT2D eigenvalue weighted by atomic mass is 10.0. The van der Waals surface area contributed by atoms with E-state index in [-0.39, 0.29) is 23.7 Å². The highest BCUT2D eigenvalue weighted by Crippen LogP contribution is 2.31. The Bertz CT molecular complexity index is 789. The van der Waals surface area contributed by atoms with Gasteiger partial charge in [0, 0.05) is 12.1 Å². The Morgan fingerprint density at radius 1 is 1.14 bits per heavy atom. The summed E-state index contributed by atoms with van der Waals surface area (Å²) in [5, 5.41) is 22.2. The van der Waals surface area contributed by atoms with E-state index in [1.807, 2.05) is 6.07 Å². The Morgan fingerprint density at radius 2 is 1.82 bits per heavy atom. The first kappa shape index (κ1) is 21.8. The number of aliphatic hydroxyl groups is 2. The molecule has 0 heterocycles. The molecule has 0 saturated carbocycles. The molecule has 1 amide bonds. The lowest BCUT2D eigenvalue weighted by molar-refractivity contribution is -0.274. The van der Waals surface area contributed by atoms with Crippen molar-refractivity contribution in [1.82, 2.24) is 5.32 Å². The van der Waals surface area contributed by atoms with Gasteiger partial charge in [-0.2, -0.15) is 0 Å². The molecule has 10 heteroatoms. The number of rotatable bonds is 7. The molecule has 0 aliphatic heterocycles. The monoisotopic (exact) mass is 419 g/mol. The number of benzene rings is 2. The molecule has 0 aromatic heterocycles. The van der Waals surface area contributed by atoms with Crippen molar-refractivity contribution in [2.24, 2.45) is 0 Å². The van der Waals surface area contributed by atoms with Gasteiger partial charge in [0.05, 0.1) is 5.02 Å². The third-order valence-electron chi connectivity index (χ3n) is 3.56. The smallest absolute Gasteiger partial charge is 0.445 e. The van der Waals surface area contributed by atoms with Crippen LogP contribution in [-0.4, -0.2) is 35.3 Å². The van der Waals surface area contributed by atoms with Crippen LogP contribution in [0.3, 0.4) is 0 Å². The van der Waals surface area contributed by atoms with Crippen molar-refractivity contribution < 1.29 is 37.7 Å². The zero-order chi connectivity index (χ0) is 20.7. The standard InChI is InChI=1S/C18H17ClF3NO5/c19-14-8-12(28-18(20,21)22)6-7-13(14)16(25)15(24)9-23-17(26)27-10-11-4-2-1-3-5-11/h1-8,15-16,24-25H,9-10H2,(H,23,26). The van der Waals surface area contributed by atoms with Gasteiger partial charge in [-0.3, -0.25) is 0 Å². The van der Waals surface area contributed by atoms with Crippen molar-refractivity contribution in [1.29, 1.82) is 0 Å². The molecule has 3 N–H and O–H groups in total. The molecule has 2 atom stereocenters. The molecule has 152 valence electrons. The molecule has 0 spiro atoms. The number of carbonyl (C=O) groups is 1. The fourth-order valence-corrected chi connectivity index (χ4v) is 2.51. The van der Waals surface area contributed by atoms with Crippen LogP contribution in [0.2, 0.25) is 5.02 Å². The van der Waals surface area contributed by atoms with Crippen LogP contribution in [0.5, 0.6) is 5.75 Å². The summed E-state index contributed by atoms with van der Waals surface area (Å²) in [5.74, 6) is -0.564. The molecule has 0 aliphatic rings. The van der Waals surface area contributed by atoms with Crippen LogP contribution in [-0.2, 0) is 11.3 Å². The van der Waals surface area contributed by atoms with Crippen LogP contribution >= 0.6 is 11.6 Å². The summed E-state index contributed by atoms with van der Waals surface area (Å²) in [6, 6.07) is 11.8. The molecular weight excluding hydrogens is 403 g/mol. The maximum Gasteiger partial charge on any atom is 0.573 e. The average Bonchev–Trinajstić information content (AvgIpc) is 2.63. The van der Waals surface area contributed by atoms with Crippen LogP contribution in [0.15, 0.2) is 48.5 Å². The molecule has 0 fully saturated rings. The Labute approximate surface area is 163 Å². The third-order valence-corrected chi connectivity index (χ3v) is 3.88. The van der Waals surface area contributed by atoms with E-state index >= 15 is 0 Å². The SMILES string of the molecule is O=C(NCC(O)C(O)c1ccc(OC(F)(F)F)cc1Cl)OCc1ccccc1. The zero-order valence-electron chi connectivity index (χ0n) is 14.3. The van der Waals surface area contributed by atoms with E-state index in [0.29, 0.717) is 0 Å². The first-order valence-electron chi connectivity index (χ1n) is 8.01. The summed E-state index contributed by atoms with van der Waals surface area (Å²) in [4.78, 5) is 11.6. The van der Waals surface area contributed by atoms with E-state index < -0.39 is 30.4 Å². The highest BCUT2D eigenvalue weighted by Gasteiger charge is 2.31. The highest BCUT2D eigenvalue weighted by molar-refractivity contribution is 6.31.